The number of hydrogen-bond donors (Lipinski definition) is 0. The van der Waals surface area contributed by atoms with E-state index >= 15 is 0 Å². The zero-order chi connectivity index (χ0) is 19.2. The lowest BCUT2D eigenvalue weighted by Crippen LogP contribution is -2.08. The van der Waals surface area contributed by atoms with Crippen LogP contribution < -0.4 is 0 Å². The molecule has 0 aromatic heterocycles. The molecular formula is C21H36O4. The van der Waals surface area contributed by atoms with Crippen molar-refractivity contribution in [1.82, 2.24) is 0 Å². The van der Waals surface area contributed by atoms with Gasteiger partial charge in [-0.05, 0) is 56.8 Å². The first kappa shape index (κ1) is 23.4. The Bertz CT molecular complexity index is 394. The standard InChI is InChI=1S/C11H20.2C5H8O2/c1-3-9-7-8(2)10-5-4-6-11(9)10;2*1-3-5(6)7-4-2/h8-11H,3-7H2,1-2H3;2*3H,1,4H2,2H3. The van der Waals surface area contributed by atoms with Gasteiger partial charge in [0.05, 0.1) is 13.2 Å². The van der Waals surface area contributed by atoms with Gasteiger partial charge in [-0.2, -0.15) is 0 Å². The van der Waals surface area contributed by atoms with Crippen LogP contribution in [0.4, 0.5) is 0 Å². The van der Waals surface area contributed by atoms with Gasteiger partial charge in [0.1, 0.15) is 0 Å². The highest BCUT2D eigenvalue weighted by atomic mass is 16.5. The van der Waals surface area contributed by atoms with E-state index in [2.05, 4.69) is 36.5 Å². The largest absolute Gasteiger partial charge is 0.463 e. The molecule has 2 aliphatic carbocycles. The topological polar surface area (TPSA) is 52.6 Å². The number of carbonyl (C=O) groups excluding carboxylic acids is 2. The highest BCUT2D eigenvalue weighted by Crippen LogP contribution is 2.51. The zero-order valence-corrected chi connectivity index (χ0v) is 16.5. The molecule has 4 unspecified atom stereocenters. The van der Waals surface area contributed by atoms with Gasteiger partial charge < -0.3 is 9.47 Å². The van der Waals surface area contributed by atoms with Crippen LogP contribution in [0.3, 0.4) is 0 Å². The molecule has 0 bridgehead atoms. The van der Waals surface area contributed by atoms with Gasteiger partial charge >= 0.3 is 11.9 Å². The van der Waals surface area contributed by atoms with Crippen molar-refractivity contribution in [2.24, 2.45) is 23.7 Å². The fraction of sp³-hybridized carbons (Fsp3) is 0.714. The van der Waals surface area contributed by atoms with E-state index in [1.807, 2.05) is 0 Å². The Hall–Kier alpha value is -1.58. The molecule has 0 aromatic rings. The highest BCUT2D eigenvalue weighted by molar-refractivity contribution is 5.81. The van der Waals surface area contributed by atoms with E-state index < -0.39 is 0 Å². The molecule has 4 nitrogen and oxygen atoms in total. The molecular weight excluding hydrogens is 316 g/mol. The van der Waals surface area contributed by atoms with Crippen LogP contribution in [-0.2, 0) is 19.1 Å². The van der Waals surface area contributed by atoms with E-state index in [9.17, 15) is 9.59 Å². The molecule has 0 amide bonds. The molecule has 0 spiro atoms. The van der Waals surface area contributed by atoms with Gasteiger partial charge in [-0.1, -0.05) is 39.8 Å². The zero-order valence-electron chi connectivity index (χ0n) is 16.5. The van der Waals surface area contributed by atoms with Crippen molar-refractivity contribution in [2.75, 3.05) is 13.2 Å². The van der Waals surface area contributed by atoms with E-state index in [0.29, 0.717) is 13.2 Å². The van der Waals surface area contributed by atoms with Crippen molar-refractivity contribution < 1.29 is 19.1 Å². The van der Waals surface area contributed by atoms with Gasteiger partial charge in [-0.25, -0.2) is 9.59 Å². The second-order valence-electron chi connectivity index (χ2n) is 6.55. The van der Waals surface area contributed by atoms with Crippen molar-refractivity contribution in [2.45, 2.75) is 59.8 Å². The van der Waals surface area contributed by atoms with Gasteiger partial charge in [-0.3, -0.25) is 0 Å². The summed E-state index contributed by atoms with van der Waals surface area (Å²) in [5.41, 5.74) is 0. The van der Waals surface area contributed by atoms with Crippen LogP contribution in [0.25, 0.3) is 0 Å². The van der Waals surface area contributed by atoms with Crippen molar-refractivity contribution in [3.8, 4) is 0 Å². The number of ether oxygens (including phenoxy) is 2. The van der Waals surface area contributed by atoms with E-state index in [0.717, 1.165) is 35.8 Å². The molecule has 0 N–H and O–H groups in total. The van der Waals surface area contributed by atoms with E-state index in [1.54, 1.807) is 26.7 Å². The summed E-state index contributed by atoms with van der Waals surface area (Å²) >= 11 is 0. The molecule has 4 heteroatoms. The molecule has 0 heterocycles. The van der Waals surface area contributed by atoms with Gasteiger partial charge in [-0.15, -0.1) is 0 Å². The number of carbonyl (C=O) groups is 2. The van der Waals surface area contributed by atoms with Gasteiger partial charge in [0.15, 0.2) is 0 Å². The van der Waals surface area contributed by atoms with Crippen molar-refractivity contribution in [3.63, 3.8) is 0 Å². The summed E-state index contributed by atoms with van der Waals surface area (Å²) in [4.78, 5) is 20.1. The number of rotatable bonds is 5. The summed E-state index contributed by atoms with van der Waals surface area (Å²) in [5.74, 6) is 3.69. The molecule has 2 fully saturated rings. The maximum atomic E-state index is 10.1. The monoisotopic (exact) mass is 352 g/mol. The Labute approximate surface area is 153 Å². The quantitative estimate of drug-likeness (QED) is 0.519. The minimum atomic E-state index is -0.359. The Morgan fingerprint density at radius 3 is 1.80 bits per heavy atom. The second kappa shape index (κ2) is 13.7. The molecule has 144 valence electrons. The lowest BCUT2D eigenvalue weighted by atomic mass is 9.90. The van der Waals surface area contributed by atoms with Crippen LogP contribution in [0, 0.1) is 23.7 Å². The first-order valence-corrected chi connectivity index (χ1v) is 9.53. The highest BCUT2D eigenvalue weighted by Gasteiger charge is 2.42. The lowest BCUT2D eigenvalue weighted by molar-refractivity contribution is -0.138. The van der Waals surface area contributed by atoms with E-state index in [-0.39, 0.29) is 11.9 Å². The predicted octanol–water partition coefficient (Wildman–Crippen LogP) is 4.94. The Kier molecular flexibility index (Phi) is 12.8. The summed E-state index contributed by atoms with van der Waals surface area (Å²) in [6, 6.07) is 0. The molecule has 0 aromatic carbocycles. The maximum absolute atomic E-state index is 10.1. The number of esters is 2. The van der Waals surface area contributed by atoms with Crippen LogP contribution >= 0.6 is 0 Å². The van der Waals surface area contributed by atoms with Gasteiger partial charge in [0.2, 0.25) is 0 Å². The third-order valence-electron chi connectivity index (χ3n) is 5.07. The molecule has 2 rings (SSSR count). The first-order chi connectivity index (χ1) is 11.9. The van der Waals surface area contributed by atoms with Crippen molar-refractivity contribution >= 4 is 11.9 Å². The average molecular weight is 353 g/mol. The van der Waals surface area contributed by atoms with Crippen LogP contribution in [-0.4, -0.2) is 25.2 Å². The van der Waals surface area contributed by atoms with Gasteiger partial charge in [0.25, 0.3) is 0 Å². The smallest absolute Gasteiger partial charge is 0.330 e. The SMILES string of the molecule is C=CC(=O)OCC.C=CC(=O)OCC.CCC1CC(C)C2CCCC12. The Morgan fingerprint density at radius 1 is 0.960 bits per heavy atom. The fourth-order valence-corrected chi connectivity index (χ4v) is 4.01. The first-order valence-electron chi connectivity index (χ1n) is 9.53. The summed E-state index contributed by atoms with van der Waals surface area (Å²) in [6.07, 6.45) is 9.87. The number of fused-ring (bicyclic) bond motifs is 1. The summed E-state index contributed by atoms with van der Waals surface area (Å²) in [7, 11) is 0. The minimum absolute atomic E-state index is 0.359. The molecule has 25 heavy (non-hydrogen) atoms. The second-order valence-corrected chi connectivity index (χ2v) is 6.55. The van der Waals surface area contributed by atoms with Crippen molar-refractivity contribution in [3.05, 3.63) is 25.3 Å². The van der Waals surface area contributed by atoms with Crippen LogP contribution in [0.15, 0.2) is 25.3 Å². The normalized spacial score (nSPS) is 26.1. The third-order valence-corrected chi connectivity index (χ3v) is 5.07. The van der Waals surface area contributed by atoms with Crippen LogP contribution in [0.5, 0.6) is 0 Å². The van der Waals surface area contributed by atoms with Gasteiger partial charge in [0, 0.05) is 12.2 Å². The molecule has 0 radical (unpaired) electrons. The van der Waals surface area contributed by atoms with Crippen molar-refractivity contribution in [1.29, 1.82) is 0 Å². The third kappa shape index (κ3) is 8.89. The van der Waals surface area contributed by atoms with Crippen LogP contribution in [0.1, 0.15) is 59.8 Å². The Balaban J connectivity index is 0.000000366. The molecule has 0 aliphatic heterocycles. The molecule has 2 saturated carbocycles. The van der Waals surface area contributed by atoms with E-state index in [1.165, 1.54) is 19.3 Å². The van der Waals surface area contributed by atoms with E-state index in [4.69, 9.17) is 0 Å². The fourth-order valence-electron chi connectivity index (χ4n) is 4.01. The minimum Gasteiger partial charge on any atom is -0.463 e. The summed E-state index contributed by atoms with van der Waals surface area (Å²) < 4.78 is 8.87. The lowest BCUT2D eigenvalue weighted by Gasteiger charge is -2.16. The molecule has 4 atom stereocenters. The molecule has 2 aliphatic rings. The van der Waals surface area contributed by atoms with Crippen LogP contribution in [0.2, 0.25) is 0 Å². The summed E-state index contributed by atoms with van der Waals surface area (Å²) in [6.45, 7) is 15.6. The maximum Gasteiger partial charge on any atom is 0.330 e. The predicted molar refractivity (Wildman–Crippen MR) is 102 cm³/mol. The number of hydrogen-bond acceptors (Lipinski definition) is 4. The Morgan fingerprint density at radius 2 is 1.44 bits per heavy atom. The molecule has 0 saturated heterocycles. The average Bonchev–Trinajstić information content (AvgIpc) is 3.20. The summed E-state index contributed by atoms with van der Waals surface area (Å²) in [5, 5.41) is 0.